The maximum absolute atomic E-state index is 2.20. The summed E-state index contributed by atoms with van der Waals surface area (Å²) in [6.07, 6.45) is 0. The molecule has 0 fully saturated rings. The van der Waals surface area contributed by atoms with Crippen LogP contribution in [-0.2, 0) is 34.2 Å². The van der Waals surface area contributed by atoms with Crippen molar-refractivity contribution in [3.8, 4) is 0 Å². The predicted molar refractivity (Wildman–Crippen MR) is 96.4 cm³/mol. The van der Waals surface area contributed by atoms with Gasteiger partial charge < -0.3 is 83.4 Å². The molecule has 0 aromatic heterocycles. The summed E-state index contributed by atoms with van der Waals surface area (Å²) in [5, 5.41) is 0. The van der Waals surface area contributed by atoms with Gasteiger partial charge >= 0.3 is 21.1 Å². The van der Waals surface area contributed by atoms with Gasteiger partial charge in [-0.2, -0.15) is 0 Å². The van der Waals surface area contributed by atoms with Gasteiger partial charge in [-0.15, -0.1) is 0 Å². The molecule has 0 aliphatic carbocycles. The molecular weight excluding hydrogens is 676 g/mol. The first-order chi connectivity index (χ1) is 10.2. The average molecular weight is 708 g/mol. The molecular formula is C20H32Cl6N2Pt. The van der Waals surface area contributed by atoms with Gasteiger partial charge in [0.2, 0.25) is 0 Å². The second-order valence-electron chi connectivity index (χ2n) is 7.87. The van der Waals surface area contributed by atoms with E-state index in [9.17, 15) is 0 Å². The Morgan fingerprint density at radius 3 is 0.828 bits per heavy atom. The molecule has 0 aliphatic rings. The van der Waals surface area contributed by atoms with Crippen LogP contribution in [-0.4, -0.2) is 51.3 Å². The molecule has 2 aromatic rings. The second-order valence-corrected chi connectivity index (χ2v) is 7.87. The third-order valence-electron chi connectivity index (χ3n) is 3.00. The average Bonchev–Trinajstić information content (AvgIpc) is 2.38. The summed E-state index contributed by atoms with van der Waals surface area (Å²) in [5.74, 6) is 0. The molecule has 29 heavy (non-hydrogen) atoms. The number of benzene rings is 2. The van der Waals surface area contributed by atoms with Crippen molar-refractivity contribution in [3.63, 3.8) is 0 Å². The van der Waals surface area contributed by atoms with Gasteiger partial charge in [-0.05, 0) is 0 Å². The Hall–Kier alpha value is 0.788. The first-order valence-corrected chi connectivity index (χ1v) is 7.84. The van der Waals surface area contributed by atoms with Crippen molar-refractivity contribution in [2.75, 3.05) is 42.3 Å². The molecule has 0 radical (unpaired) electrons. The summed E-state index contributed by atoms with van der Waals surface area (Å²) < 4.78 is 1.98. The van der Waals surface area contributed by atoms with E-state index in [0.29, 0.717) is 0 Å². The van der Waals surface area contributed by atoms with Gasteiger partial charge in [-0.1, -0.05) is 60.7 Å². The van der Waals surface area contributed by atoms with Crippen LogP contribution < -0.4 is 74.4 Å². The van der Waals surface area contributed by atoms with Crippen LogP contribution >= 0.6 is 0 Å². The third-order valence-corrected chi connectivity index (χ3v) is 3.00. The quantitative estimate of drug-likeness (QED) is 0.278. The topological polar surface area (TPSA) is 0 Å². The van der Waals surface area contributed by atoms with Gasteiger partial charge in [-0.3, -0.25) is 0 Å². The zero-order valence-electron chi connectivity index (χ0n) is 17.7. The van der Waals surface area contributed by atoms with Crippen LogP contribution in [0, 0.1) is 0 Å². The summed E-state index contributed by atoms with van der Waals surface area (Å²) in [5.41, 5.74) is 2.81. The number of quaternary nitrogens is 2. The van der Waals surface area contributed by atoms with Crippen molar-refractivity contribution < 1.29 is 104 Å². The molecule has 0 saturated heterocycles. The van der Waals surface area contributed by atoms with Crippen LogP contribution in [0.3, 0.4) is 0 Å². The Morgan fingerprint density at radius 2 is 0.655 bits per heavy atom. The molecule has 0 N–H and O–H groups in total. The Balaban J connectivity index is -0.0000000538. The predicted octanol–water partition coefficient (Wildman–Crippen LogP) is -14.2. The van der Waals surface area contributed by atoms with E-state index < -0.39 is 0 Å². The van der Waals surface area contributed by atoms with E-state index in [-0.39, 0.29) is 95.5 Å². The van der Waals surface area contributed by atoms with Crippen LogP contribution in [0.15, 0.2) is 60.7 Å². The van der Waals surface area contributed by atoms with E-state index in [1.165, 1.54) is 11.1 Å². The molecule has 174 valence electrons. The zero-order valence-corrected chi connectivity index (χ0v) is 24.5. The fourth-order valence-electron chi connectivity index (χ4n) is 2.26. The number of hydrogen-bond acceptors (Lipinski definition) is 0. The van der Waals surface area contributed by atoms with Gasteiger partial charge in [0.1, 0.15) is 13.1 Å². The second kappa shape index (κ2) is 23.5. The van der Waals surface area contributed by atoms with Crippen molar-refractivity contribution in [1.82, 2.24) is 0 Å². The largest absolute Gasteiger partial charge is 4.00 e. The summed E-state index contributed by atoms with van der Waals surface area (Å²) in [6, 6.07) is 21.1. The van der Waals surface area contributed by atoms with Gasteiger partial charge in [0.15, 0.2) is 0 Å². The van der Waals surface area contributed by atoms with Crippen LogP contribution in [0.4, 0.5) is 0 Å². The maximum atomic E-state index is 2.20. The molecule has 2 rings (SSSR count). The molecule has 0 amide bonds. The molecule has 0 unspecified atom stereocenters. The van der Waals surface area contributed by atoms with Crippen molar-refractivity contribution in [3.05, 3.63) is 71.8 Å². The minimum absolute atomic E-state index is 0. The van der Waals surface area contributed by atoms with Crippen molar-refractivity contribution in [1.29, 1.82) is 0 Å². The molecule has 0 atom stereocenters. The minimum atomic E-state index is 0. The summed E-state index contributed by atoms with van der Waals surface area (Å²) in [6.45, 7) is 2.20. The van der Waals surface area contributed by atoms with Crippen LogP contribution in [0.25, 0.3) is 0 Å². The molecule has 0 aliphatic heterocycles. The van der Waals surface area contributed by atoms with Crippen molar-refractivity contribution in [2.24, 2.45) is 0 Å². The Morgan fingerprint density at radius 1 is 0.448 bits per heavy atom. The van der Waals surface area contributed by atoms with E-state index in [2.05, 4.69) is 103 Å². The smallest absolute Gasteiger partial charge is 1.00 e. The maximum Gasteiger partial charge on any atom is 4.00 e. The number of hydrogen-bond donors (Lipinski definition) is 0. The molecule has 0 bridgehead atoms. The van der Waals surface area contributed by atoms with E-state index in [4.69, 9.17) is 0 Å². The zero-order chi connectivity index (χ0) is 16.6. The Bertz CT molecular complexity index is 495. The van der Waals surface area contributed by atoms with Crippen molar-refractivity contribution in [2.45, 2.75) is 13.1 Å². The molecule has 0 saturated carbocycles. The summed E-state index contributed by atoms with van der Waals surface area (Å²) in [4.78, 5) is 0. The van der Waals surface area contributed by atoms with E-state index in [1.54, 1.807) is 0 Å². The van der Waals surface area contributed by atoms with Crippen LogP contribution in [0.5, 0.6) is 0 Å². The van der Waals surface area contributed by atoms with E-state index >= 15 is 0 Å². The summed E-state index contributed by atoms with van der Waals surface area (Å²) in [7, 11) is 13.2. The van der Waals surface area contributed by atoms with E-state index in [0.717, 1.165) is 22.1 Å². The molecule has 0 spiro atoms. The monoisotopic (exact) mass is 705 g/mol. The molecule has 0 heterocycles. The van der Waals surface area contributed by atoms with Gasteiger partial charge in [0.25, 0.3) is 0 Å². The third kappa shape index (κ3) is 28.8. The Labute approximate surface area is 230 Å². The molecule has 2 nitrogen and oxygen atoms in total. The Kier molecular flexibility index (Phi) is 38.4. The fourth-order valence-corrected chi connectivity index (χ4v) is 2.26. The van der Waals surface area contributed by atoms with E-state index in [1.807, 2.05) is 0 Å². The summed E-state index contributed by atoms with van der Waals surface area (Å²) >= 11 is 0. The SMILES string of the molecule is C[N+](C)(C)Cc1ccccc1.C[N+](C)(C)Cc1ccccc1.[Cl-].[Cl-].[Cl-].[Cl-].[Cl-].[Cl-].[Pt+4]. The normalized spacial score (nSPS) is 8.76. The van der Waals surface area contributed by atoms with Crippen LogP contribution in [0.1, 0.15) is 11.1 Å². The molecule has 2 aromatic carbocycles. The van der Waals surface area contributed by atoms with Gasteiger partial charge in [0.05, 0.1) is 42.3 Å². The fraction of sp³-hybridized carbons (Fsp3) is 0.400. The number of halogens is 6. The number of rotatable bonds is 4. The van der Waals surface area contributed by atoms with Gasteiger partial charge in [0, 0.05) is 11.1 Å². The molecule has 9 heteroatoms. The first-order valence-electron chi connectivity index (χ1n) is 7.84. The standard InChI is InChI=1S/2C10H16N.6ClH.Pt/c2*1-11(2,3)9-10-7-5-4-6-8-10;;;;;;;/h2*4-8H,9H2,1-3H3;6*1H;/q2*+1;;;;;;;+4/p-6. The van der Waals surface area contributed by atoms with Gasteiger partial charge in [-0.25, -0.2) is 0 Å². The minimum Gasteiger partial charge on any atom is -1.00 e. The first kappa shape index (κ1) is 47.5. The van der Waals surface area contributed by atoms with Crippen molar-refractivity contribution >= 4 is 0 Å². The van der Waals surface area contributed by atoms with Crippen LogP contribution in [0.2, 0.25) is 0 Å². The number of nitrogens with zero attached hydrogens (tertiary/aromatic N) is 2.